The summed E-state index contributed by atoms with van der Waals surface area (Å²) >= 11 is 0. The Labute approximate surface area is 109 Å². The van der Waals surface area contributed by atoms with E-state index in [9.17, 15) is 0 Å². The third kappa shape index (κ3) is 3.68. The fraction of sp³-hybridized carbons (Fsp3) is 0.643. The maximum absolute atomic E-state index is 5.66. The van der Waals surface area contributed by atoms with E-state index in [-0.39, 0.29) is 0 Å². The second-order valence-corrected chi connectivity index (χ2v) is 4.73. The topological polar surface area (TPSA) is 37.4 Å². The Morgan fingerprint density at radius 3 is 2.72 bits per heavy atom. The number of hydrogen-bond acceptors (Lipinski definition) is 4. The van der Waals surface area contributed by atoms with Gasteiger partial charge in [0.25, 0.3) is 0 Å². The van der Waals surface area contributed by atoms with Gasteiger partial charge in [-0.05, 0) is 31.4 Å². The Morgan fingerprint density at radius 1 is 1.39 bits per heavy atom. The zero-order valence-corrected chi connectivity index (χ0v) is 11.4. The van der Waals surface area contributed by atoms with Crippen molar-refractivity contribution in [3.63, 3.8) is 0 Å². The van der Waals surface area contributed by atoms with Crippen LogP contribution >= 0.6 is 0 Å². The van der Waals surface area contributed by atoms with Gasteiger partial charge in [-0.15, -0.1) is 0 Å². The summed E-state index contributed by atoms with van der Waals surface area (Å²) in [5.74, 6) is 0.925. The van der Waals surface area contributed by atoms with E-state index >= 15 is 0 Å². The first-order valence-corrected chi connectivity index (χ1v) is 6.78. The van der Waals surface area contributed by atoms with Crippen molar-refractivity contribution in [2.24, 2.45) is 0 Å². The molecule has 1 aromatic heterocycles. The fourth-order valence-electron chi connectivity index (χ4n) is 2.39. The highest BCUT2D eigenvalue weighted by molar-refractivity contribution is 5.34. The molecule has 0 bridgehead atoms. The van der Waals surface area contributed by atoms with Crippen molar-refractivity contribution >= 4 is 5.82 Å². The lowest BCUT2D eigenvalue weighted by Gasteiger charge is -2.31. The molecule has 1 aromatic rings. The minimum absolute atomic E-state index is 0.469. The highest BCUT2D eigenvalue weighted by Crippen LogP contribution is 2.16. The molecule has 18 heavy (non-hydrogen) atoms. The second-order valence-electron chi connectivity index (χ2n) is 4.73. The van der Waals surface area contributed by atoms with Gasteiger partial charge < -0.3 is 10.1 Å². The minimum Gasteiger partial charge on any atom is -0.378 e. The Balaban J connectivity index is 1.80. The van der Waals surface area contributed by atoms with E-state index < -0.39 is 0 Å². The van der Waals surface area contributed by atoms with Crippen molar-refractivity contribution < 1.29 is 4.74 Å². The summed E-state index contributed by atoms with van der Waals surface area (Å²) < 4.78 is 5.66. The number of nitrogens with one attached hydrogen (secondary N) is 1. The van der Waals surface area contributed by atoms with Crippen molar-refractivity contribution in [3.05, 3.63) is 23.9 Å². The van der Waals surface area contributed by atoms with Crippen LogP contribution < -0.4 is 5.32 Å². The van der Waals surface area contributed by atoms with Crippen LogP contribution in [0, 0.1) is 0 Å². The monoisotopic (exact) mass is 249 g/mol. The van der Waals surface area contributed by atoms with Crippen LogP contribution in [0.5, 0.6) is 0 Å². The van der Waals surface area contributed by atoms with Crippen LogP contribution in [0.3, 0.4) is 0 Å². The standard InChI is InChI=1S/C14H23N3O/c1-3-18-13-6-8-17(9-7-13)11-12-4-5-14(15-2)16-10-12/h4-5,10,13H,3,6-9,11H2,1-2H3,(H,15,16). The zero-order valence-electron chi connectivity index (χ0n) is 11.4. The molecule has 100 valence electrons. The highest BCUT2D eigenvalue weighted by Gasteiger charge is 2.19. The molecule has 0 atom stereocenters. The average Bonchev–Trinajstić information content (AvgIpc) is 2.42. The molecule has 0 spiro atoms. The normalized spacial score (nSPS) is 17.9. The van der Waals surface area contributed by atoms with Gasteiger partial charge in [0.1, 0.15) is 5.82 Å². The molecular weight excluding hydrogens is 226 g/mol. The van der Waals surface area contributed by atoms with Gasteiger partial charge >= 0.3 is 0 Å². The van der Waals surface area contributed by atoms with Gasteiger partial charge in [0.05, 0.1) is 6.10 Å². The van der Waals surface area contributed by atoms with E-state index in [1.54, 1.807) is 0 Å². The number of pyridine rings is 1. The Bertz CT molecular complexity index is 345. The van der Waals surface area contributed by atoms with Gasteiger partial charge in [0.2, 0.25) is 0 Å². The van der Waals surface area contributed by atoms with Gasteiger partial charge in [0, 0.05) is 39.5 Å². The van der Waals surface area contributed by atoms with Crippen LogP contribution in [-0.2, 0) is 11.3 Å². The number of piperidine rings is 1. The summed E-state index contributed by atoms with van der Waals surface area (Å²) in [6, 6.07) is 4.18. The van der Waals surface area contributed by atoms with Crippen molar-refractivity contribution in [3.8, 4) is 0 Å². The zero-order chi connectivity index (χ0) is 12.8. The minimum atomic E-state index is 0.469. The second kappa shape index (κ2) is 6.71. The van der Waals surface area contributed by atoms with E-state index in [1.165, 1.54) is 5.56 Å². The molecule has 1 aliphatic heterocycles. The fourth-order valence-corrected chi connectivity index (χ4v) is 2.39. The van der Waals surface area contributed by atoms with E-state index in [0.29, 0.717) is 6.10 Å². The van der Waals surface area contributed by atoms with Crippen LogP contribution in [0.4, 0.5) is 5.82 Å². The van der Waals surface area contributed by atoms with Crippen LogP contribution in [0.15, 0.2) is 18.3 Å². The summed E-state index contributed by atoms with van der Waals surface area (Å²) in [5, 5.41) is 3.04. The Kier molecular flexibility index (Phi) is 4.96. The van der Waals surface area contributed by atoms with Crippen LogP contribution in [-0.4, -0.2) is 42.7 Å². The number of ether oxygens (including phenoxy) is 1. The van der Waals surface area contributed by atoms with Gasteiger partial charge in [-0.25, -0.2) is 4.98 Å². The lowest BCUT2D eigenvalue weighted by molar-refractivity contribution is 0.0125. The summed E-state index contributed by atoms with van der Waals surface area (Å²) in [6.07, 6.45) is 4.72. The first-order chi connectivity index (χ1) is 8.81. The third-order valence-corrected chi connectivity index (χ3v) is 3.42. The molecule has 0 saturated carbocycles. The van der Waals surface area contributed by atoms with E-state index in [1.807, 2.05) is 19.3 Å². The molecular formula is C14H23N3O. The third-order valence-electron chi connectivity index (χ3n) is 3.42. The summed E-state index contributed by atoms with van der Waals surface area (Å²) in [5.41, 5.74) is 1.28. The summed E-state index contributed by atoms with van der Waals surface area (Å²) in [7, 11) is 1.89. The van der Waals surface area contributed by atoms with Crippen LogP contribution in [0.25, 0.3) is 0 Å². The molecule has 0 aromatic carbocycles. The first kappa shape index (κ1) is 13.3. The maximum atomic E-state index is 5.66. The van der Waals surface area contributed by atoms with Crippen molar-refractivity contribution in [2.75, 3.05) is 32.1 Å². The largest absolute Gasteiger partial charge is 0.378 e. The average molecular weight is 249 g/mol. The number of rotatable bonds is 5. The molecule has 2 heterocycles. The number of hydrogen-bond donors (Lipinski definition) is 1. The van der Waals surface area contributed by atoms with Gasteiger partial charge in [0.15, 0.2) is 0 Å². The molecule has 1 fully saturated rings. The number of anilines is 1. The molecule has 1 aliphatic rings. The molecule has 0 aliphatic carbocycles. The molecule has 2 rings (SSSR count). The predicted molar refractivity (Wildman–Crippen MR) is 73.7 cm³/mol. The molecule has 1 saturated heterocycles. The smallest absolute Gasteiger partial charge is 0.125 e. The SMILES string of the molecule is CCOC1CCN(Cc2ccc(NC)nc2)CC1. The summed E-state index contributed by atoms with van der Waals surface area (Å²) in [6.45, 7) is 6.15. The summed E-state index contributed by atoms with van der Waals surface area (Å²) in [4.78, 5) is 6.82. The first-order valence-electron chi connectivity index (χ1n) is 6.78. The number of likely N-dealkylation sites (tertiary alicyclic amines) is 1. The Hall–Kier alpha value is -1.13. The van der Waals surface area contributed by atoms with Crippen molar-refractivity contribution in [1.82, 2.24) is 9.88 Å². The lowest BCUT2D eigenvalue weighted by atomic mass is 10.1. The highest BCUT2D eigenvalue weighted by atomic mass is 16.5. The molecule has 4 heteroatoms. The predicted octanol–water partition coefficient (Wildman–Crippen LogP) is 2.12. The van der Waals surface area contributed by atoms with Crippen LogP contribution in [0.2, 0.25) is 0 Å². The molecule has 0 radical (unpaired) electrons. The molecule has 0 unspecified atom stereocenters. The van der Waals surface area contributed by atoms with Crippen LogP contribution in [0.1, 0.15) is 25.3 Å². The van der Waals surface area contributed by atoms with Crippen molar-refractivity contribution in [1.29, 1.82) is 0 Å². The molecule has 4 nitrogen and oxygen atoms in total. The number of aromatic nitrogens is 1. The quantitative estimate of drug-likeness (QED) is 0.867. The van der Waals surface area contributed by atoms with E-state index in [0.717, 1.165) is 44.9 Å². The maximum Gasteiger partial charge on any atom is 0.125 e. The lowest BCUT2D eigenvalue weighted by Crippen LogP contribution is -2.36. The van der Waals surface area contributed by atoms with E-state index in [4.69, 9.17) is 4.74 Å². The van der Waals surface area contributed by atoms with Gasteiger partial charge in [-0.2, -0.15) is 0 Å². The van der Waals surface area contributed by atoms with E-state index in [2.05, 4.69) is 28.2 Å². The molecule has 0 amide bonds. The van der Waals surface area contributed by atoms with Gasteiger partial charge in [-0.3, -0.25) is 4.90 Å². The molecule has 1 N–H and O–H groups in total. The number of nitrogens with zero attached hydrogens (tertiary/aromatic N) is 2. The Morgan fingerprint density at radius 2 is 2.17 bits per heavy atom. The van der Waals surface area contributed by atoms with Gasteiger partial charge in [-0.1, -0.05) is 6.07 Å². The van der Waals surface area contributed by atoms with Crippen molar-refractivity contribution in [2.45, 2.75) is 32.4 Å².